The molecule has 7 nitrogen and oxygen atoms in total. The Hall–Kier alpha value is -2.74. The van der Waals surface area contributed by atoms with Crippen molar-refractivity contribution in [3.05, 3.63) is 29.0 Å². The SMILES string of the molecule is COc1nc2[nH]ncc2cc1Nc1ncnc2sc3c(c12)CCC(C)C3. The van der Waals surface area contributed by atoms with E-state index >= 15 is 0 Å². The van der Waals surface area contributed by atoms with Crippen LogP contribution in [0.25, 0.3) is 21.3 Å². The van der Waals surface area contributed by atoms with E-state index in [-0.39, 0.29) is 0 Å². The van der Waals surface area contributed by atoms with Crippen molar-refractivity contribution in [3.63, 3.8) is 0 Å². The number of aryl methyl sites for hydroxylation is 1. The van der Waals surface area contributed by atoms with Crippen LogP contribution in [0.1, 0.15) is 23.8 Å². The first-order valence-corrected chi connectivity index (χ1v) is 9.45. The summed E-state index contributed by atoms with van der Waals surface area (Å²) < 4.78 is 5.45. The topological polar surface area (TPSA) is 88.6 Å². The van der Waals surface area contributed by atoms with Gasteiger partial charge >= 0.3 is 0 Å². The molecule has 1 atom stereocenters. The Balaban J connectivity index is 1.64. The molecule has 4 aromatic rings. The van der Waals surface area contributed by atoms with E-state index in [4.69, 9.17) is 4.74 Å². The van der Waals surface area contributed by atoms with Crippen LogP contribution in [0, 0.1) is 5.92 Å². The minimum absolute atomic E-state index is 0.506. The fraction of sp³-hybridized carbons (Fsp3) is 0.333. The molecule has 0 bridgehead atoms. The number of hydrogen-bond donors (Lipinski definition) is 2. The second kappa shape index (κ2) is 5.91. The molecule has 0 amide bonds. The number of fused-ring (bicyclic) bond motifs is 4. The lowest BCUT2D eigenvalue weighted by molar-refractivity contribution is 0.401. The van der Waals surface area contributed by atoms with Gasteiger partial charge in [-0.1, -0.05) is 6.92 Å². The molecule has 26 heavy (non-hydrogen) atoms. The van der Waals surface area contributed by atoms with E-state index < -0.39 is 0 Å². The van der Waals surface area contributed by atoms with E-state index in [1.165, 1.54) is 16.9 Å². The fourth-order valence-electron chi connectivity index (χ4n) is 3.61. The number of rotatable bonds is 3. The van der Waals surface area contributed by atoms with Crippen LogP contribution in [0.2, 0.25) is 0 Å². The zero-order valence-electron chi connectivity index (χ0n) is 14.5. The average Bonchev–Trinajstić information content (AvgIpc) is 3.24. The van der Waals surface area contributed by atoms with Crippen molar-refractivity contribution in [1.29, 1.82) is 0 Å². The third-order valence-corrected chi connectivity index (χ3v) is 6.09. The summed E-state index contributed by atoms with van der Waals surface area (Å²) in [6.07, 6.45) is 6.78. The van der Waals surface area contributed by atoms with E-state index in [9.17, 15) is 0 Å². The van der Waals surface area contributed by atoms with Crippen molar-refractivity contribution in [1.82, 2.24) is 25.1 Å². The maximum atomic E-state index is 5.45. The summed E-state index contributed by atoms with van der Waals surface area (Å²) in [6.45, 7) is 2.31. The highest BCUT2D eigenvalue weighted by Crippen LogP contribution is 2.41. The third-order valence-electron chi connectivity index (χ3n) is 4.93. The van der Waals surface area contributed by atoms with E-state index in [0.717, 1.165) is 45.9 Å². The third kappa shape index (κ3) is 2.40. The van der Waals surface area contributed by atoms with Gasteiger partial charge in [-0.2, -0.15) is 10.1 Å². The minimum Gasteiger partial charge on any atom is -0.479 e. The van der Waals surface area contributed by atoms with Gasteiger partial charge in [-0.25, -0.2) is 9.97 Å². The molecular weight excluding hydrogens is 348 g/mol. The van der Waals surface area contributed by atoms with Gasteiger partial charge in [0.2, 0.25) is 5.88 Å². The molecular formula is C18H18N6OS. The summed E-state index contributed by atoms with van der Waals surface area (Å²) in [5.41, 5.74) is 2.86. The van der Waals surface area contributed by atoms with Gasteiger partial charge in [0.05, 0.1) is 18.7 Å². The molecule has 4 aromatic heterocycles. The number of anilines is 2. The predicted octanol–water partition coefficient (Wildman–Crippen LogP) is 3.84. The Morgan fingerprint density at radius 3 is 3.15 bits per heavy atom. The molecule has 0 spiro atoms. The van der Waals surface area contributed by atoms with Crippen LogP contribution in [0.3, 0.4) is 0 Å². The van der Waals surface area contributed by atoms with E-state index in [2.05, 4.69) is 37.4 Å². The molecule has 0 radical (unpaired) electrons. The highest BCUT2D eigenvalue weighted by molar-refractivity contribution is 7.19. The van der Waals surface area contributed by atoms with Gasteiger partial charge in [0.15, 0.2) is 5.65 Å². The largest absolute Gasteiger partial charge is 0.479 e. The molecule has 132 valence electrons. The molecule has 0 fully saturated rings. The molecule has 1 aliphatic rings. The predicted molar refractivity (Wildman–Crippen MR) is 102 cm³/mol. The Morgan fingerprint density at radius 2 is 2.27 bits per heavy atom. The number of aromatic nitrogens is 5. The second-order valence-corrected chi connectivity index (χ2v) is 7.82. The molecule has 0 aromatic carbocycles. The van der Waals surface area contributed by atoms with Crippen molar-refractivity contribution in [2.75, 3.05) is 12.4 Å². The number of methoxy groups -OCH3 is 1. The van der Waals surface area contributed by atoms with Gasteiger partial charge < -0.3 is 10.1 Å². The quantitative estimate of drug-likeness (QED) is 0.573. The number of H-pyrrole nitrogens is 1. The summed E-state index contributed by atoms with van der Waals surface area (Å²) in [7, 11) is 1.61. The first kappa shape index (κ1) is 15.5. The number of hydrogen-bond acceptors (Lipinski definition) is 7. The Labute approximate surface area is 153 Å². The van der Waals surface area contributed by atoms with Gasteiger partial charge in [0.1, 0.15) is 22.7 Å². The molecule has 1 unspecified atom stereocenters. The molecule has 0 aliphatic heterocycles. The highest BCUT2D eigenvalue weighted by atomic mass is 32.1. The lowest BCUT2D eigenvalue weighted by Gasteiger charge is -2.18. The fourth-order valence-corrected chi connectivity index (χ4v) is 4.96. The van der Waals surface area contributed by atoms with Crippen molar-refractivity contribution in [3.8, 4) is 5.88 Å². The molecule has 5 rings (SSSR count). The van der Waals surface area contributed by atoms with Crippen LogP contribution in [-0.2, 0) is 12.8 Å². The summed E-state index contributed by atoms with van der Waals surface area (Å²) in [5.74, 6) is 2.05. The van der Waals surface area contributed by atoms with Crippen molar-refractivity contribution in [2.45, 2.75) is 26.2 Å². The van der Waals surface area contributed by atoms with Gasteiger partial charge in [0, 0.05) is 10.3 Å². The standard InChI is InChI=1S/C18H18N6OS/c1-9-3-4-11-13(5-9)26-18-14(11)16(19-8-20-18)22-12-6-10-7-21-24-15(10)23-17(12)25-2/h6-9H,3-5H2,1-2H3,(H,19,20,22)(H,21,23,24). The van der Waals surface area contributed by atoms with Crippen LogP contribution in [-0.4, -0.2) is 32.3 Å². The molecule has 1 aliphatic carbocycles. The number of ether oxygens (including phenoxy) is 1. The summed E-state index contributed by atoms with van der Waals surface area (Å²) in [5, 5.41) is 12.4. The van der Waals surface area contributed by atoms with Crippen molar-refractivity contribution in [2.24, 2.45) is 5.92 Å². The second-order valence-electron chi connectivity index (χ2n) is 6.73. The van der Waals surface area contributed by atoms with E-state index in [0.29, 0.717) is 11.5 Å². The first-order chi connectivity index (χ1) is 12.7. The number of aromatic amines is 1. The van der Waals surface area contributed by atoms with Gasteiger partial charge in [-0.15, -0.1) is 11.3 Å². The first-order valence-electron chi connectivity index (χ1n) is 8.63. The number of thiophene rings is 1. The smallest absolute Gasteiger partial charge is 0.239 e. The van der Waals surface area contributed by atoms with Crippen molar-refractivity contribution < 1.29 is 4.74 Å². The van der Waals surface area contributed by atoms with Crippen LogP contribution in [0.15, 0.2) is 18.6 Å². The number of nitrogens with one attached hydrogen (secondary N) is 2. The Bertz CT molecular complexity index is 1120. The van der Waals surface area contributed by atoms with Crippen LogP contribution >= 0.6 is 11.3 Å². The van der Waals surface area contributed by atoms with Crippen LogP contribution in [0.5, 0.6) is 5.88 Å². The zero-order valence-corrected chi connectivity index (χ0v) is 15.4. The zero-order chi connectivity index (χ0) is 17.7. The van der Waals surface area contributed by atoms with E-state index in [1.807, 2.05) is 6.07 Å². The van der Waals surface area contributed by atoms with Crippen molar-refractivity contribution >= 4 is 44.1 Å². The Morgan fingerprint density at radius 1 is 1.35 bits per heavy atom. The number of nitrogens with zero attached hydrogens (tertiary/aromatic N) is 4. The van der Waals surface area contributed by atoms with Crippen LogP contribution < -0.4 is 10.1 Å². The normalized spacial score (nSPS) is 16.8. The van der Waals surface area contributed by atoms with Gasteiger partial charge in [-0.05, 0) is 36.8 Å². The number of pyridine rings is 1. The Kier molecular flexibility index (Phi) is 3.53. The molecule has 8 heteroatoms. The monoisotopic (exact) mass is 366 g/mol. The highest BCUT2D eigenvalue weighted by Gasteiger charge is 2.23. The minimum atomic E-state index is 0.506. The van der Waals surface area contributed by atoms with Gasteiger partial charge in [-0.3, -0.25) is 5.10 Å². The average molecular weight is 366 g/mol. The summed E-state index contributed by atoms with van der Waals surface area (Å²) >= 11 is 1.79. The lowest BCUT2D eigenvalue weighted by atomic mass is 9.89. The molecule has 0 saturated carbocycles. The summed E-state index contributed by atoms with van der Waals surface area (Å²) in [4.78, 5) is 16.0. The van der Waals surface area contributed by atoms with Crippen LogP contribution in [0.4, 0.5) is 11.5 Å². The maximum Gasteiger partial charge on any atom is 0.239 e. The maximum absolute atomic E-state index is 5.45. The summed E-state index contributed by atoms with van der Waals surface area (Å²) in [6, 6.07) is 1.97. The van der Waals surface area contributed by atoms with Gasteiger partial charge in [0.25, 0.3) is 0 Å². The molecule has 0 saturated heterocycles. The van der Waals surface area contributed by atoms with E-state index in [1.54, 1.807) is 31.0 Å². The lowest BCUT2D eigenvalue weighted by Crippen LogP contribution is -2.09. The molecule has 4 heterocycles. The molecule has 2 N–H and O–H groups in total.